The predicted octanol–water partition coefficient (Wildman–Crippen LogP) is 10.6. The molecule has 0 saturated heterocycles. The lowest BCUT2D eigenvalue weighted by atomic mass is 9.84. The standard InChI is InChI=1S/C37H26F2/c38-37(39)18-16-23-14-15-26(20-25(23)17-19-37)33-21-27-8-5-13-32-34(22-28-9-4-12-31(33)35(28)36(27)32)30-11-3-7-24-6-1-2-10-29(24)30/h1-15,20-22H,16-19H2. The molecule has 0 N–H and O–H groups in total. The first-order chi connectivity index (χ1) is 19.1. The molecule has 0 radical (unpaired) electrons. The van der Waals surface area contributed by atoms with E-state index in [-0.39, 0.29) is 12.8 Å². The van der Waals surface area contributed by atoms with E-state index in [0.717, 1.165) is 22.3 Å². The Balaban J connectivity index is 1.39. The van der Waals surface area contributed by atoms with Gasteiger partial charge < -0.3 is 0 Å². The fourth-order valence-corrected chi connectivity index (χ4v) is 6.81. The SMILES string of the molecule is FC1(F)CCc2ccc(-c3cc4cccc5c(-c6cccc7ccccc67)cc6cccc3c6c45)cc2CC1. The molecule has 1 aliphatic carbocycles. The van der Waals surface area contributed by atoms with Crippen LogP contribution in [0.2, 0.25) is 0 Å². The van der Waals surface area contributed by atoms with Crippen molar-refractivity contribution in [2.24, 2.45) is 0 Å². The third-order valence-electron chi connectivity index (χ3n) is 8.74. The average Bonchev–Trinajstić information content (AvgIpc) is 3.12. The van der Waals surface area contributed by atoms with Crippen molar-refractivity contribution in [2.45, 2.75) is 31.6 Å². The third-order valence-corrected chi connectivity index (χ3v) is 8.74. The van der Waals surface area contributed by atoms with Crippen molar-refractivity contribution in [3.8, 4) is 22.3 Å². The predicted molar refractivity (Wildman–Crippen MR) is 160 cm³/mol. The monoisotopic (exact) mass is 508 g/mol. The maximum Gasteiger partial charge on any atom is 0.248 e. The van der Waals surface area contributed by atoms with Crippen molar-refractivity contribution >= 4 is 43.1 Å². The van der Waals surface area contributed by atoms with Gasteiger partial charge in [0.05, 0.1) is 0 Å². The number of alkyl halides is 2. The van der Waals surface area contributed by atoms with Gasteiger partial charge in [-0.3, -0.25) is 0 Å². The third kappa shape index (κ3) is 3.55. The van der Waals surface area contributed by atoms with Gasteiger partial charge in [-0.25, -0.2) is 8.78 Å². The largest absolute Gasteiger partial charge is 0.248 e. The summed E-state index contributed by atoms with van der Waals surface area (Å²) in [6.45, 7) is 0. The van der Waals surface area contributed by atoms with Crippen LogP contribution < -0.4 is 0 Å². The second-order valence-corrected chi connectivity index (χ2v) is 11.0. The van der Waals surface area contributed by atoms with Gasteiger partial charge in [0, 0.05) is 12.8 Å². The molecule has 39 heavy (non-hydrogen) atoms. The number of hydrogen-bond donors (Lipinski definition) is 0. The lowest BCUT2D eigenvalue weighted by Crippen LogP contribution is -2.15. The molecule has 0 aliphatic heterocycles. The lowest BCUT2D eigenvalue weighted by Gasteiger charge is -2.19. The highest BCUT2D eigenvalue weighted by Crippen LogP contribution is 2.45. The first kappa shape index (κ1) is 22.7. The first-order valence-corrected chi connectivity index (χ1v) is 13.7. The normalized spacial score (nSPS) is 15.2. The van der Waals surface area contributed by atoms with Gasteiger partial charge in [0.25, 0.3) is 0 Å². The molecule has 0 bridgehead atoms. The molecule has 1 aliphatic rings. The summed E-state index contributed by atoms with van der Waals surface area (Å²) in [5.41, 5.74) is 6.89. The zero-order chi connectivity index (χ0) is 26.1. The second kappa shape index (κ2) is 8.35. The van der Waals surface area contributed by atoms with Gasteiger partial charge in [-0.15, -0.1) is 0 Å². The Labute approximate surface area is 225 Å². The van der Waals surface area contributed by atoms with E-state index in [1.165, 1.54) is 54.2 Å². The van der Waals surface area contributed by atoms with Crippen LogP contribution in [0.4, 0.5) is 8.78 Å². The molecular weight excluding hydrogens is 482 g/mol. The van der Waals surface area contributed by atoms with E-state index in [1.807, 2.05) is 0 Å². The molecule has 2 heteroatoms. The van der Waals surface area contributed by atoms with Crippen LogP contribution in [0.25, 0.3) is 65.3 Å². The van der Waals surface area contributed by atoms with Crippen LogP contribution in [0.5, 0.6) is 0 Å². The molecule has 0 unspecified atom stereocenters. The van der Waals surface area contributed by atoms with Gasteiger partial charge in [-0.2, -0.15) is 0 Å². The zero-order valence-electron chi connectivity index (χ0n) is 21.5. The summed E-state index contributed by atoms with van der Waals surface area (Å²) in [6, 6.07) is 39.3. The fraction of sp³-hybridized carbons (Fsp3) is 0.135. The van der Waals surface area contributed by atoms with Crippen LogP contribution in [0.1, 0.15) is 24.0 Å². The Hall–Kier alpha value is -4.30. The zero-order valence-corrected chi connectivity index (χ0v) is 21.5. The van der Waals surface area contributed by atoms with Gasteiger partial charge in [0.1, 0.15) is 0 Å². The van der Waals surface area contributed by atoms with Crippen molar-refractivity contribution in [3.05, 3.63) is 120 Å². The molecule has 188 valence electrons. The molecule has 0 spiro atoms. The summed E-state index contributed by atoms with van der Waals surface area (Å²) < 4.78 is 28.3. The van der Waals surface area contributed by atoms with Gasteiger partial charge >= 0.3 is 0 Å². The van der Waals surface area contributed by atoms with E-state index in [1.54, 1.807) is 0 Å². The molecule has 0 amide bonds. The van der Waals surface area contributed by atoms with Crippen LogP contribution in [-0.4, -0.2) is 5.92 Å². The van der Waals surface area contributed by atoms with Crippen LogP contribution in [0, 0.1) is 0 Å². The molecule has 0 nitrogen and oxygen atoms in total. The molecule has 8 rings (SSSR count). The minimum absolute atomic E-state index is 0.0598. The highest BCUT2D eigenvalue weighted by atomic mass is 19.3. The molecule has 0 saturated carbocycles. The summed E-state index contributed by atoms with van der Waals surface area (Å²) in [6.07, 6.45) is 0.734. The van der Waals surface area contributed by atoms with Gasteiger partial charge in [-0.1, -0.05) is 97.1 Å². The average molecular weight is 509 g/mol. The lowest BCUT2D eigenvalue weighted by molar-refractivity contribution is -0.0130. The van der Waals surface area contributed by atoms with Gasteiger partial charge in [0.2, 0.25) is 5.92 Å². The number of aryl methyl sites for hydroxylation is 2. The molecule has 0 fully saturated rings. The molecule has 0 heterocycles. The minimum Gasteiger partial charge on any atom is -0.207 e. The maximum absolute atomic E-state index is 14.2. The van der Waals surface area contributed by atoms with Gasteiger partial charge in [0.15, 0.2) is 0 Å². The summed E-state index contributed by atoms with van der Waals surface area (Å²) in [5.74, 6) is -2.58. The highest BCUT2D eigenvalue weighted by Gasteiger charge is 2.31. The molecule has 0 atom stereocenters. The van der Waals surface area contributed by atoms with Crippen LogP contribution in [-0.2, 0) is 12.8 Å². The number of halogens is 2. The Morgan fingerprint density at radius 2 is 1.05 bits per heavy atom. The van der Waals surface area contributed by atoms with Crippen molar-refractivity contribution in [3.63, 3.8) is 0 Å². The van der Waals surface area contributed by atoms with E-state index in [2.05, 4.69) is 109 Å². The van der Waals surface area contributed by atoms with Crippen LogP contribution in [0.3, 0.4) is 0 Å². The summed E-state index contributed by atoms with van der Waals surface area (Å²) >= 11 is 0. The number of fused-ring (bicyclic) bond motifs is 2. The van der Waals surface area contributed by atoms with Crippen molar-refractivity contribution in [1.29, 1.82) is 0 Å². The Bertz CT molecular complexity index is 2040. The maximum atomic E-state index is 14.2. The van der Waals surface area contributed by atoms with E-state index < -0.39 is 5.92 Å². The summed E-state index contributed by atoms with van der Waals surface area (Å²) in [5, 5.41) is 9.93. The molecule has 0 aromatic heterocycles. The topological polar surface area (TPSA) is 0 Å². The highest BCUT2D eigenvalue weighted by molar-refractivity contribution is 6.29. The smallest absolute Gasteiger partial charge is 0.207 e. The van der Waals surface area contributed by atoms with E-state index in [0.29, 0.717) is 12.8 Å². The van der Waals surface area contributed by atoms with Crippen molar-refractivity contribution in [1.82, 2.24) is 0 Å². The Kier molecular flexibility index (Phi) is 4.85. The number of rotatable bonds is 2. The summed E-state index contributed by atoms with van der Waals surface area (Å²) in [7, 11) is 0. The first-order valence-electron chi connectivity index (χ1n) is 13.7. The summed E-state index contributed by atoms with van der Waals surface area (Å²) in [4.78, 5) is 0. The second-order valence-electron chi connectivity index (χ2n) is 11.0. The van der Waals surface area contributed by atoms with Crippen LogP contribution >= 0.6 is 0 Å². The Morgan fingerprint density at radius 3 is 1.85 bits per heavy atom. The van der Waals surface area contributed by atoms with E-state index in [9.17, 15) is 8.78 Å². The quantitative estimate of drug-likeness (QED) is 0.161. The fourth-order valence-electron chi connectivity index (χ4n) is 6.81. The number of hydrogen-bond acceptors (Lipinski definition) is 0. The van der Waals surface area contributed by atoms with E-state index in [4.69, 9.17) is 0 Å². The molecule has 7 aromatic rings. The Morgan fingerprint density at radius 1 is 0.462 bits per heavy atom. The van der Waals surface area contributed by atoms with Crippen LogP contribution in [0.15, 0.2) is 109 Å². The molecular formula is C37H26F2. The van der Waals surface area contributed by atoms with Crippen molar-refractivity contribution < 1.29 is 8.78 Å². The number of benzene rings is 7. The molecule has 7 aromatic carbocycles. The minimum atomic E-state index is -2.58. The van der Waals surface area contributed by atoms with Crippen molar-refractivity contribution in [2.75, 3.05) is 0 Å². The van der Waals surface area contributed by atoms with Gasteiger partial charge in [-0.05, 0) is 101 Å². The van der Waals surface area contributed by atoms with E-state index >= 15 is 0 Å².